The van der Waals surface area contributed by atoms with Crippen molar-refractivity contribution in [3.63, 3.8) is 0 Å². The van der Waals surface area contributed by atoms with Crippen LogP contribution in [0.5, 0.6) is 0 Å². The van der Waals surface area contributed by atoms with Gasteiger partial charge in [0, 0.05) is 11.6 Å². The Hall–Kier alpha value is -0.790. The predicted octanol–water partition coefficient (Wildman–Crippen LogP) is 2.98. The van der Waals surface area contributed by atoms with E-state index in [1.165, 1.54) is 0 Å². The topological polar surface area (TPSA) is 20.2 Å². The fraction of sp³-hybridized carbons (Fsp3) is 0.200. The molecule has 0 aromatic heterocycles. The second-order valence-corrected chi connectivity index (χ2v) is 2.51. The highest BCUT2D eigenvalue weighted by Crippen LogP contribution is 2.09. The maximum absolute atomic E-state index is 7.57. The van der Waals surface area contributed by atoms with Gasteiger partial charge in [-0.1, -0.05) is 36.4 Å². The van der Waals surface area contributed by atoms with Crippen molar-refractivity contribution in [1.82, 2.24) is 0 Å². The van der Waals surface area contributed by atoms with Crippen LogP contribution in [0, 0.1) is 0 Å². The molecule has 0 fully saturated rings. The Morgan fingerprint density at radius 3 is 2.17 bits per heavy atom. The fourth-order valence-corrected chi connectivity index (χ4v) is 0.725. The normalized spacial score (nSPS) is 8.25. The first-order chi connectivity index (χ1) is 5.74. The van der Waals surface area contributed by atoms with Crippen molar-refractivity contribution in [3.8, 4) is 0 Å². The van der Waals surface area contributed by atoms with Crippen LogP contribution in [0.15, 0.2) is 30.8 Å². The van der Waals surface area contributed by atoms with Gasteiger partial charge in [0.1, 0.15) is 0 Å². The zero-order chi connectivity index (χ0) is 9.40. The van der Waals surface area contributed by atoms with E-state index in [-0.39, 0.29) is 6.61 Å². The van der Waals surface area contributed by atoms with E-state index < -0.39 is 0 Å². The molecule has 1 nitrogen and oxygen atoms in total. The van der Waals surface area contributed by atoms with Gasteiger partial charge in [0.05, 0.1) is 0 Å². The first kappa shape index (κ1) is 11.2. The number of halogens is 1. The summed E-state index contributed by atoms with van der Waals surface area (Å²) in [6.07, 6.45) is 1.79. The maximum Gasteiger partial charge on any atom is 0.0406 e. The molecule has 66 valence electrons. The third-order valence-corrected chi connectivity index (χ3v) is 1.36. The molecule has 1 rings (SSSR count). The monoisotopic (exact) mass is 184 g/mol. The van der Waals surface area contributed by atoms with Gasteiger partial charge < -0.3 is 5.11 Å². The van der Waals surface area contributed by atoms with Crippen molar-refractivity contribution in [2.45, 2.75) is 6.92 Å². The molecule has 12 heavy (non-hydrogen) atoms. The molecule has 0 radical (unpaired) electrons. The van der Waals surface area contributed by atoms with Gasteiger partial charge in [-0.3, -0.25) is 0 Å². The van der Waals surface area contributed by atoms with Gasteiger partial charge in [0.2, 0.25) is 0 Å². The van der Waals surface area contributed by atoms with Crippen molar-refractivity contribution in [3.05, 3.63) is 41.4 Å². The van der Waals surface area contributed by atoms with Crippen LogP contribution in [0.2, 0.25) is 5.02 Å². The second-order valence-electron chi connectivity index (χ2n) is 2.07. The van der Waals surface area contributed by atoms with Crippen LogP contribution in [-0.2, 0) is 0 Å². The van der Waals surface area contributed by atoms with Gasteiger partial charge in [0.25, 0.3) is 0 Å². The maximum atomic E-state index is 7.57. The molecule has 1 aromatic rings. The van der Waals surface area contributed by atoms with Gasteiger partial charge in [0.15, 0.2) is 0 Å². The quantitative estimate of drug-likeness (QED) is 0.712. The van der Waals surface area contributed by atoms with Crippen LogP contribution < -0.4 is 0 Å². The van der Waals surface area contributed by atoms with Gasteiger partial charge in [-0.2, -0.15) is 0 Å². The lowest BCUT2D eigenvalue weighted by Gasteiger charge is -1.89. The Bertz CT molecular complexity index is 216. The Kier molecular flexibility index (Phi) is 6.44. The highest BCUT2D eigenvalue weighted by molar-refractivity contribution is 6.30. The Balaban J connectivity index is 0.000000354. The lowest BCUT2D eigenvalue weighted by molar-refractivity contribution is 0.318. The van der Waals surface area contributed by atoms with Crippen LogP contribution in [0.3, 0.4) is 0 Å². The largest absolute Gasteiger partial charge is 0.397 e. The third kappa shape index (κ3) is 4.94. The van der Waals surface area contributed by atoms with E-state index in [4.69, 9.17) is 16.7 Å². The molecular formula is C10H13ClO. The summed E-state index contributed by atoms with van der Waals surface area (Å²) in [5.74, 6) is 0. The Morgan fingerprint density at radius 1 is 1.42 bits per heavy atom. The molecule has 0 saturated heterocycles. The van der Waals surface area contributed by atoms with E-state index in [0.29, 0.717) is 0 Å². The molecule has 0 aliphatic carbocycles. The summed E-state index contributed by atoms with van der Waals surface area (Å²) in [6, 6.07) is 7.54. The summed E-state index contributed by atoms with van der Waals surface area (Å²) in [5.41, 5.74) is 1.10. The number of hydrogen-bond donors (Lipinski definition) is 1. The molecule has 0 spiro atoms. The van der Waals surface area contributed by atoms with Crippen LogP contribution in [-0.4, -0.2) is 11.7 Å². The molecule has 2 heteroatoms. The fourth-order valence-electron chi connectivity index (χ4n) is 0.599. The number of benzene rings is 1. The van der Waals surface area contributed by atoms with Gasteiger partial charge >= 0.3 is 0 Å². The SMILES string of the molecule is C=Cc1ccc(Cl)cc1.CCO. The predicted molar refractivity (Wildman–Crippen MR) is 54.3 cm³/mol. The molecule has 0 saturated carbocycles. The third-order valence-electron chi connectivity index (χ3n) is 1.11. The molecule has 0 atom stereocenters. The summed E-state index contributed by atoms with van der Waals surface area (Å²) >= 11 is 5.63. The van der Waals surface area contributed by atoms with Crippen molar-refractivity contribution < 1.29 is 5.11 Å². The molecule has 0 heterocycles. The average Bonchev–Trinajstić information content (AvgIpc) is 2.07. The summed E-state index contributed by atoms with van der Waals surface area (Å²) in [6.45, 7) is 5.55. The van der Waals surface area contributed by atoms with Crippen molar-refractivity contribution in [2.75, 3.05) is 6.61 Å². The lowest BCUT2D eigenvalue weighted by atomic mass is 10.2. The van der Waals surface area contributed by atoms with Crippen LogP contribution in [0.4, 0.5) is 0 Å². The van der Waals surface area contributed by atoms with Crippen molar-refractivity contribution in [1.29, 1.82) is 0 Å². The number of aliphatic hydroxyl groups excluding tert-OH is 1. The highest BCUT2D eigenvalue weighted by Gasteiger charge is 1.84. The van der Waals surface area contributed by atoms with E-state index in [1.807, 2.05) is 24.3 Å². The molecule has 1 N–H and O–H groups in total. The molecule has 0 aliphatic rings. The number of aliphatic hydroxyl groups is 1. The molecule has 0 unspecified atom stereocenters. The van der Waals surface area contributed by atoms with E-state index in [0.717, 1.165) is 10.6 Å². The summed E-state index contributed by atoms with van der Waals surface area (Å²) in [4.78, 5) is 0. The standard InChI is InChI=1S/C8H7Cl.C2H6O/c1-2-7-3-5-8(9)6-4-7;1-2-3/h2-6H,1H2;3H,2H2,1H3. The van der Waals surface area contributed by atoms with E-state index >= 15 is 0 Å². The first-order valence-corrected chi connectivity index (χ1v) is 4.11. The smallest absolute Gasteiger partial charge is 0.0406 e. The minimum absolute atomic E-state index is 0.250. The zero-order valence-electron chi connectivity index (χ0n) is 7.13. The molecule has 1 aromatic carbocycles. The lowest BCUT2D eigenvalue weighted by Crippen LogP contribution is -1.67. The summed E-state index contributed by atoms with van der Waals surface area (Å²) in [7, 11) is 0. The second kappa shape index (κ2) is 6.89. The molecule has 0 aliphatic heterocycles. The number of rotatable bonds is 1. The first-order valence-electron chi connectivity index (χ1n) is 3.73. The molecule has 0 amide bonds. The van der Waals surface area contributed by atoms with Gasteiger partial charge in [-0.25, -0.2) is 0 Å². The molecular weight excluding hydrogens is 172 g/mol. The van der Waals surface area contributed by atoms with E-state index in [2.05, 4.69) is 6.58 Å². The van der Waals surface area contributed by atoms with Gasteiger partial charge in [-0.05, 0) is 24.6 Å². The number of hydrogen-bond acceptors (Lipinski definition) is 1. The minimum Gasteiger partial charge on any atom is -0.397 e. The van der Waals surface area contributed by atoms with Crippen LogP contribution in [0.25, 0.3) is 6.08 Å². The van der Waals surface area contributed by atoms with Crippen LogP contribution in [0.1, 0.15) is 12.5 Å². The van der Waals surface area contributed by atoms with Crippen LogP contribution >= 0.6 is 11.6 Å². The highest BCUT2D eigenvalue weighted by atomic mass is 35.5. The van der Waals surface area contributed by atoms with Crippen molar-refractivity contribution >= 4 is 17.7 Å². The summed E-state index contributed by atoms with van der Waals surface area (Å²) in [5, 5.41) is 8.33. The van der Waals surface area contributed by atoms with E-state index in [1.54, 1.807) is 13.0 Å². The minimum atomic E-state index is 0.250. The summed E-state index contributed by atoms with van der Waals surface area (Å²) < 4.78 is 0. The van der Waals surface area contributed by atoms with Gasteiger partial charge in [-0.15, -0.1) is 0 Å². The van der Waals surface area contributed by atoms with E-state index in [9.17, 15) is 0 Å². The molecule has 0 bridgehead atoms. The Labute approximate surface area is 78.3 Å². The average molecular weight is 185 g/mol. The Morgan fingerprint density at radius 2 is 1.83 bits per heavy atom. The van der Waals surface area contributed by atoms with Crippen molar-refractivity contribution in [2.24, 2.45) is 0 Å². The zero-order valence-corrected chi connectivity index (χ0v) is 7.88.